The van der Waals surface area contributed by atoms with Crippen molar-refractivity contribution >= 4 is 42.1 Å². The van der Waals surface area contributed by atoms with Gasteiger partial charge in [-0.25, -0.2) is 19.8 Å². The van der Waals surface area contributed by atoms with Crippen LogP contribution < -0.4 is 10.7 Å². The highest BCUT2D eigenvalue weighted by Crippen LogP contribution is 2.24. The number of carbonyl (C=O) groups excluding carboxylic acids is 5. The minimum Gasteiger partial charge on any atom is -0.481 e. The number of hydrogen-bond donors (Lipinski definition) is 3. The molecule has 0 aromatic heterocycles. The number of rotatable bonds is 8. The van der Waals surface area contributed by atoms with Crippen molar-refractivity contribution in [3.63, 3.8) is 0 Å². The van der Waals surface area contributed by atoms with Gasteiger partial charge in [0.05, 0.1) is 19.0 Å². The summed E-state index contributed by atoms with van der Waals surface area (Å²) in [6.07, 6.45) is 1.80. The molecule has 2 aliphatic heterocycles. The molecule has 0 aliphatic carbocycles. The molecule has 186 valence electrons. The number of carbonyl (C=O) groups is 6. The number of hydrogen-bond acceptors (Lipinski definition) is 6. The van der Waals surface area contributed by atoms with Crippen LogP contribution in [0.5, 0.6) is 0 Å². The van der Waals surface area contributed by atoms with Crippen molar-refractivity contribution in [2.24, 2.45) is 0 Å². The maximum atomic E-state index is 13.4. The number of fused-ring (bicyclic) bond motifs is 1. The summed E-state index contributed by atoms with van der Waals surface area (Å²) in [7, 11) is 0. The van der Waals surface area contributed by atoms with Gasteiger partial charge in [0, 0.05) is 18.5 Å². The molecule has 35 heavy (non-hydrogen) atoms. The summed E-state index contributed by atoms with van der Waals surface area (Å²) in [5, 5.41) is 14.4. The fourth-order valence-corrected chi connectivity index (χ4v) is 4.12. The molecular weight excluding hydrogens is 458 g/mol. The third-order valence-electron chi connectivity index (χ3n) is 5.93. The van der Waals surface area contributed by atoms with Gasteiger partial charge < -0.3 is 15.2 Å². The second-order valence-corrected chi connectivity index (χ2v) is 8.22. The van der Waals surface area contributed by atoms with Crippen LogP contribution in [0.15, 0.2) is 24.8 Å². The van der Waals surface area contributed by atoms with E-state index in [0.29, 0.717) is 23.8 Å². The van der Waals surface area contributed by atoms with Gasteiger partial charge in [-0.2, -0.15) is 0 Å². The summed E-state index contributed by atoms with van der Waals surface area (Å²) in [5.41, 5.74) is 4.26. The lowest BCUT2D eigenvalue weighted by atomic mass is 10.0. The van der Waals surface area contributed by atoms with E-state index in [2.05, 4.69) is 17.3 Å². The van der Waals surface area contributed by atoms with Gasteiger partial charge in [-0.05, 0) is 37.0 Å². The van der Waals surface area contributed by atoms with Gasteiger partial charge >= 0.3 is 12.0 Å². The van der Waals surface area contributed by atoms with Gasteiger partial charge in [-0.1, -0.05) is 24.8 Å². The first-order chi connectivity index (χ1) is 16.7. The lowest BCUT2D eigenvalue weighted by Gasteiger charge is -2.43. The number of amides is 5. The SMILES string of the molecule is C=Cc1cccc(C(=O)NN2CCC(=O)N3CCC[C@@H](C(=O)N[C@H](C=O)CC(=O)O)N3C2=O)c1C. The van der Waals surface area contributed by atoms with Crippen molar-refractivity contribution in [3.8, 4) is 0 Å². The third-order valence-corrected chi connectivity index (χ3v) is 5.93. The molecule has 2 fully saturated rings. The van der Waals surface area contributed by atoms with Crippen molar-refractivity contribution in [2.45, 2.75) is 44.7 Å². The quantitative estimate of drug-likeness (QED) is 0.452. The van der Waals surface area contributed by atoms with E-state index in [4.69, 9.17) is 5.11 Å². The standard InChI is InChI=1S/C23H27N5O7/c1-3-15-6-4-7-17(14(15)2)21(33)25-26-11-9-19(30)27-10-5-8-18(28(27)23(26)35)22(34)24-16(13-29)12-20(31)32/h3-4,6-7,13,16,18H,1,5,8-12H2,2H3,(H,24,34)(H,25,33)(H,31,32)/t16-,18-/m0/s1. The monoisotopic (exact) mass is 485 g/mol. The predicted octanol–water partition coefficient (Wildman–Crippen LogP) is 0.475. The molecule has 2 atom stereocenters. The van der Waals surface area contributed by atoms with E-state index in [1.807, 2.05) is 0 Å². The van der Waals surface area contributed by atoms with E-state index in [1.54, 1.807) is 31.2 Å². The number of aliphatic carboxylic acids is 1. The molecular formula is C23H27N5O7. The van der Waals surface area contributed by atoms with Gasteiger partial charge in [0.1, 0.15) is 12.3 Å². The first-order valence-electron chi connectivity index (χ1n) is 11.1. The summed E-state index contributed by atoms with van der Waals surface area (Å²) in [4.78, 5) is 74.2. The maximum absolute atomic E-state index is 13.4. The highest BCUT2D eigenvalue weighted by atomic mass is 16.4. The van der Waals surface area contributed by atoms with E-state index < -0.39 is 48.2 Å². The Labute approximate surface area is 201 Å². The molecule has 2 aliphatic rings. The van der Waals surface area contributed by atoms with Crippen molar-refractivity contribution in [1.29, 1.82) is 0 Å². The number of nitrogens with one attached hydrogen (secondary N) is 2. The largest absolute Gasteiger partial charge is 0.481 e. The Morgan fingerprint density at radius 2 is 2.00 bits per heavy atom. The lowest BCUT2D eigenvalue weighted by Crippen LogP contribution is -2.64. The van der Waals surface area contributed by atoms with Crippen LogP contribution in [0.3, 0.4) is 0 Å². The first-order valence-corrected chi connectivity index (χ1v) is 11.1. The fraction of sp³-hybridized carbons (Fsp3) is 0.391. The van der Waals surface area contributed by atoms with Crippen molar-refractivity contribution in [2.75, 3.05) is 13.1 Å². The van der Waals surface area contributed by atoms with Crippen LogP contribution in [-0.2, 0) is 19.2 Å². The van der Waals surface area contributed by atoms with E-state index in [1.165, 1.54) is 5.01 Å². The minimum absolute atomic E-state index is 0.0848. The first kappa shape index (κ1) is 25.4. The molecule has 0 radical (unpaired) electrons. The van der Waals surface area contributed by atoms with Crippen LogP contribution in [0, 0.1) is 6.92 Å². The minimum atomic E-state index is -1.29. The number of carboxylic acid groups (broad SMARTS) is 1. The average Bonchev–Trinajstić information content (AvgIpc) is 2.95. The predicted molar refractivity (Wildman–Crippen MR) is 122 cm³/mol. The topological polar surface area (TPSA) is 156 Å². The van der Waals surface area contributed by atoms with Crippen LogP contribution in [0.2, 0.25) is 0 Å². The summed E-state index contributed by atoms with van der Waals surface area (Å²) >= 11 is 0. The number of urea groups is 1. The highest BCUT2D eigenvalue weighted by molar-refractivity contribution is 5.98. The molecule has 0 spiro atoms. The third kappa shape index (κ3) is 5.48. The zero-order valence-corrected chi connectivity index (χ0v) is 19.2. The molecule has 5 amide bonds. The smallest absolute Gasteiger partial charge is 0.358 e. The molecule has 0 unspecified atom stereocenters. The molecule has 12 nitrogen and oxygen atoms in total. The van der Waals surface area contributed by atoms with Crippen molar-refractivity contribution in [1.82, 2.24) is 25.8 Å². The Kier molecular flexibility index (Phi) is 7.84. The Bertz CT molecular complexity index is 1070. The van der Waals surface area contributed by atoms with Crippen molar-refractivity contribution < 1.29 is 33.9 Å². The second kappa shape index (κ2) is 10.8. The van der Waals surface area contributed by atoms with Crippen molar-refractivity contribution in [3.05, 3.63) is 41.5 Å². The Balaban J connectivity index is 1.84. The Hall–Kier alpha value is -4.22. The van der Waals surface area contributed by atoms with Gasteiger partial charge in [-0.3, -0.25) is 24.6 Å². The van der Waals surface area contributed by atoms with Crippen LogP contribution in [0.25, 0.3) is 6.08 Å². The number of aldehydes is 1. The Morgan fingerprint density at radius 3 is 2.66 bits per heavy atom. The van der Waals surface area contributed by atoms with Gasteiger partial charge in [-0.15, -0.1) is 0 Å². The van der Waals surface area contributed by atoms with E-state index in [9.17, 15) is 28.8 Å². The maximum Gasteiger partial charge on any atom is 0.358 e. The molecule has 0 bridgehead atoms. The molecule has 2 heterocycles. The molecule has 3 rings (SSSR count). The van der Waals surface area contributed by atoms with Gasteiger partial charge in [0.15, 0.2) is 0 Å². The highest BCUT2D eigenvalue weighted by Gasteiger charge is 2.44. The summed E-state index contributed by atoms with van der Waals surface area (Å²) < 4.78 is 0. The lowest BCUT2D eigenvalue weighted by molar-refractivity contribution is -0.155. The molecule has 2 saturated heterocycles. The number of benzene rings is 1. The van der Waals surface area contributed by atoms with Crippen LogP contribution in [0.4, 0.5) is 4.79 Å². The number of carboxylic acids is 1. The van der Waals surface area contributed by atoms with Gasteiger partial charge in [0.2, 0.25) is 11.8 Å². The number of hydrazine groups is 2. The molecule has 3 N–H and O–H groups in total. The molecule has 1 aromatic rings. The second-order valence-electron chi connectivity index (χ2n) is 8.22. The van der Waals surface area contributed by atoms with Crippen LogP contribution >= 0.6 is 0 Å². The van der Waals surface area contributed by atoms with Crippen LogP contribution in [0.1, 0.15) is 47.2 Å². The molecule has 0 saturated carbocycles. The summed E-state index contributed by atoms with van der Waals surface area (Å²) in [6.45, 7) is 5.54. The van der Waals surface area contributed by atoms with Crippen LogP contribution in [-0.4, -0.2) is 81.3 Å². The summed E-state index contributed by atoms with van der Waals surface area (Å²) in [6, 6.07) is 1.82. The average molecular weight is 485 g/mol. The van der Waals surface area contributed by atoms with E-state index in [0.717, 1.165) is 15.6 Å². The molecule has 12 heteroatoms. The Morgan fingerprint density at radius 1 is 1.26 bits per heavy atom. The zero-order chi connectivity index (χ0) is 25.7. The fourth-order valence-electron chi connectivity index (χ4n) is 4.12. The summed E-state index contributed by atoms with van der Waals surface area (Å²) in [5.74, 6) is -3.02. The normalized spacial score (nSPS) is 18.8. The van der Waals surface area contributed by atoms with Gasteiger partial charge in [0.25, 0.3) is 5.91 Å². The van der Waals surface area contributed by atoms with E-state index in [-0.39, 0.29) is 25.9 Å². The molecule has 1 aromatic carbocycles. The number of nitrogens with zero attached hydrogens (tertiary/aromatic N) is 3. The zero-order valence-electron chi connectivity index (χ0n) is 19.2. The van der Waals surface area contributed by atoms with E-state index >= 15 is 0 Å².